The van der Waals surface area contributed by atoms with Crippen LogP contribution in [0.1, 0.15) is 5.56 Å². The first kappa shape index (κ1) is 11.8. The Morgan fingerprint density at radius 2 is 2.26 bits per heavy atom. The van der Waals surface area contributed by atoms with Crippen LogP contribution in [0.4, 0.5) is 5.13 Å². The van der Waals surface area contributed by atoms with E-state index >= 15 is 0 Å². The molecule has 0 unspecified atom stereocenters. The molecule has 3 rings (SSSR count). The van der Waals surface area contributed by atoms with Crippen molar-refractivity contribution in [1.29, 1.82) is 0 Å². The molecule has 3 aromatic rings. The molecule has 0 saturated heterocycles. The minimum absolute atomic E-state index is 0.685. The average Bonchev–Trinajstić information content (AvgIpc) is 3.06. The third-order valence-corrected chi connectivity index (χ3v) is 3.41. The molecule has 0 bridgehead atoms. The maximum Gasteiger partial charge on any atom is 0.206 e. The van der Waals surface area contributed by atoms with E-state index in [1.165, 1.54) is 11.3 Å². The fourth-order valence-corrected chi connectivity index (χ4v) is 2.34. The lowest BCUT2D eigenvalue weighted by Crippen LogP contribution is -1.97. The second kappa shape index (κ2) is 5.15. The van der Waals surface area contributed by atoms with Crippen molar-refractivity contribution in [2.24, 2.45) is 7.05 Å². The molecule has 7 heteroatoms. The molecule has 3 heterocycles. The number of anilines is 1. The van der Waals surface area contributed by atoms with Gasteiger partial charge in [-0.15, -0.1) is 10.2 Å². The Labute approximate surface area is 114 Å². The first-order chi connectivity index (χ1) is 9.31. The van der Waals surface area contributed by atoms with Gasteiger partial charge in [-0.25, -0.2) is 0 Å². The van der Waals surface area contributed by atoms with Gasteiger partial charge in [-0.05, 0) is 12.1 Å². The largest absolute Gasteiger partial charge is 0.356 e. The molecule has 0 radical (unpaired) electrons. The maximum absolute atomic E-state index is 4.25. The quantitative estimate of drug-likeness (QED) is 0.786. The normalized spacial score (nSPS) is 10.6. The molecule has 0 atom stereocenters. The van der Waals surface area contributed by atoms with Gasteiger partial charge in [0.25, 0.3) is 0 Å². The van der Waals surface area contributed by atoms with Gasteiger partial charge in [-0.3, -0.25) is 9.67 Å². The van der Waals surface area contributed by atoms with Crippen molar-refractivity contribution in [3.63, 3.8) is 0 Å². The van der Waals surface area contributed by atoms with E-state index in [9.17, 15) is 0 Å². The van der Waals surface area contributed by atoms with Gasteiger partial charge in [0.15, 0.2) is 5.01 Å². The third-order valence-electron chi connectivity index (χ3n) is 2.51. The summed E-state index contributed by atoms with van der Waals surface area (Å²) in [5.74, 6) is 0. The molecule has 3 aromatic heterocycles. The second-order valence-corrected chi connectivity index (χ2v) is 4.98. The lowest BCUT2D eigenvalue weighted by atomic mass is 10.4. The van der Waals surface area contributed by atoms with Gasteiger partial charge >= 0.3 is 0 Å². The number of rotatable bonds is 4. The van der Waals surface area contributed by atoms with Crippen molar-refractivity contribution >= 4 is 16.5 Å². The lowest BCUT2D eigenvalue weighted by molar-refractivity contribution is 0.767. The molecule has 19 heavy (non-hydrogen) atoms. The highest BCUT2D eigenvalue weighted by Crippen LogP contribution is 2.24. The summed E-state index contributed by atoms with van der Waals surface area (Å²) >= 11 is 1.49. The fourth-order valence-electron chi connectivity index (χ4n) is 1.63. The molecule has 1 N–H and O–H groups in total. The molecule has 0 saturated carbocycles. The minimum atomic E-state index is 0.685. The van der Waals surface area contributed by atoms with Crippen molar-refractivity contribution in [3.8, 4) is 10.7 Å². The Bertz CT molecular complexity index is 660. The second-order valence-electron chi connectivity index (χ2n) is 4.00. The smallest absolute Gasteiger partial charge is 0.206 e. The standard InChI is InChI=1S/C12H12N6S/c1-18-8-9(7-15-18)6-14-12-17-16-11(19-12)10-4-2-3-5-13-10/h2-5,7-8H,6H2,1H3,(H,14,17). The number of hydrogen-bond donors (Lipinski definition) is 1. The highest BCUT2D eigenvalue weighted by Gasteiger charge is 2.07. The number of pyridine rings is 1. The van der Waals surface area contributed by atoms with Crippen LogP contribution < -0.4 is 5.32 Å². The lowest BCUT2D eigenvalue weighted by Gasteiger charge is -1.97. The van der Waals surface area contributed by atoms with E-state index in [-0.39, 0.29) is 0 Å². The van der Waals surface area contributed by atoms with Crippen LogP contribution in [0, 0.1) is 0 Å². The van der Waals surface area contributed by atoms with E-state index in [0.29, 0.717) is 6.54 Å². The molecular formula is C12H12N6S. The Hall–Kier alpha value is -2.28. The van der Waals surface area contributed by atoms with Crippen molar-refractivity contribution in [3.05, 3.63) is 42.4 Å². The van der Waals surface area contributed by atoms with Crippen molar-refractivity contribution in [2.45, 2.75) is 6.54 Å². The Kier molecular flexibility index (Phi) is 3.20. The number of nitrogens with zero attached hydrogens (tertiary/aromatic N) is 5. The monoisotopic (exact) mass is 272 g/mol. The molecule has 0 aliphatic carbocycles. The van der Waals surface area contributed by atoms with E-state index in [1.807, 2.05) is 37.6 Å². The van der Waals surface area contributed by atoms with E-state index in [1.54, 1.807) is 10.9 Å². The van der Waals surface area contributed by atoms with Crippen LogP contribution in [-0.2, 0) is 13.6 Å². The van der Waals surface area contributed by atoms with Crippen LogP contribution in [-0.4, -0.2) is 25.0 Å². The summed E-state index contributed by atoms with van der Waals surface area (Å²) in [6, 6.07) is 5.74. The third kappa shape index (κ3) is 2.76. The van der Waals surface area contributed by atoms with Gasteiger partial charge in [0.2, 0.25) is 5.13 Å². The minimum Gasteiger partial charge on any atom is -0.356 e. The van der Waals surface area contributed by atoms with Crippen LogP contribution in [0.25, 0.3) is 10.7 Å². The zero-order valence-electron chi connectivity index (χ0n) is 10.3. The molecule has 0 aliphatic heterocycles. The zero-order valence-corrected chi connectivity index (χ0v) is 11.1. The van der Waals surface area contributed by atoms with Crippen molar-refractivity contribution in [2.75, 3.05) is 5.32 Å². The number of hydrogen-bond acceptors (Lipinski definition) is 6. The highest BCUT2D eigenvalue weighted by molar-refractivity contribution is 7.18. The summed E-state index contributed by atoms with van der Waals surface area (Å²) in [6.07, 6.45) is 5.54. The van der Waals surface area contributed by atoms with Crippen LogP contribution in [0.2, 0.25) is 0 Å². The fraction of sp³-hybridized carbons (Fsp3) is 0.167. The molecule has 0 aromatic carbocycles. The van der Waals surface area contributed by atoms with Crippen LogP contribution in [0.3, 0.4) is 0 Å². The van der Waals surface area contributed by atoms with Gasteiger partial charge in [0, 0.05) is 31.5 Å². The van der Waals surface area contributed by atoms with E-state index < -0.39 is 0 Å². The summed E-state index contributed by atoms with van der Waals surface area (Å²) in [5.41, 5.74) is 1.95. The zero-order chi connectivity index (χ0) is 13.1. The van der Waals surface area contributed by atoms with Gasteiger partial charge in [0.1, 0.15) is 5.69 Å². The highest BCUT2D eigenvalue weighted by atomic mass is 32.1. The number of aromatic nitrogens is 5. The SMILES string of the molecule is Cn1cc(CNc2nnc(-c3ccccn3)s2)cn1. The molecule has 96 valence electrons. The van der Waals surface area contributed by atoms with E-state index in [2.05, 4.69) is 25.6 Å². The number of nitrogens with one attached hydrogen (secondary N) is 1. The Balaban J connectivity index is 1.68. The Morgan fingerprint density at radius 3 is 3.00 bits per heavy atom. The van der Waals surface area contributed by atoms with Gasteiger partial charge in [-0.2, -0.15) is 5.10 Å². The van der Waals surface area contributed by atoms with Gasteiger partial charge < -0.3 is 5.32 Å². The average molecular weight is 272 g/mol. The van der Waals surface area contributed by atoms with Crippen LogP contribution in [0.15, 0.2) is 36.8 Å². The van der Waals surface area contributed by atoms with Crippen molar-refractivity contribution in [1.82, 2.24) is 25.0 Å². The molecular weight excluding hydrogens is 260 g/mol. The summed E-state index contributed by atoms with van der Waals surface area (Å²) in [4.78, 5) is 4.25. The number of aryl methyl sites for hydroxylation is 1. The first-order valence-corrected chi connectivity index (χ1v) is 6.59. The topological polar surface area (TPSA) is 68.5 Å². The summed E-state index contributed by atoms with van der Waals surface area (Å²) in [7, 11) is 1.90. The summed E-state index contributed by atoms with van der Waals surface area (Å²) in [6.45, 7) is 0.685. The summed E-state index contributed by atoms with van der Waals surface area (Å²) in [5, 5.41) is 17.2. The van der Waals surface area contributed by atoms with Gasteiger partial charge in [-0.1, -0.05) is 17.4 Å². The molecule has 0 amide bonds. The van der Waals surface area contributed by atoms with E-state index in [0.717, 1.165) is 21.4 Å². The molecule has 6 nitrogen and oxygen atoms in total. The maximum atomic E-state index is 4.25. The summed E-state index contributed by atoms with van der Waals surface area (Å²) < 4.78 is 1.77. The van der Waals surface area contributed by atoms with Gasteiger partial charge in [0.05, 0.1) is 6.20 Å². The van der Waals surface area contributed by atoms with E-state index in [4.69, 9.17) is 0 Å². The predicted octanol–water partition coefficient (Wildman–Crippen LogP) is 1.95. The Morgan fingerprint density at radius 1 is 1.32 bits per heavy atom. The van der Waals surface area contributed by atoms with Crippen molar-refractivity contribution < 1.29 is 0 Å². The van der Waals surface area contributed by atoms with Crippen LogP contribution >= 0.6 is 11.3 Å². The predicted molar refractivity (Wildman–Crippen MR) is 73.7 cm³/mol. The van der Waals surface area contributed by atoms with Crippen LogP contribution in [0.5, 0.6) is 0 Å². The molecule has 0 fully saturated rings. The molecule has 0 spiro atoms. The molecule has 0 aliphatic rings. The first-order valence-electron chi connectivity index (χ1n) is 5.77.